The Morgan fingerprint density at radius 3 is 2.22 bits per heavy atom. The van der Waals surface area contributed by atoms with Crippen LogP contribution in [0.4, 0.5) is 11.4 Å². The number of benzene rings is 1. The van der Waals surface area contributed by atoms with E-state index in [0.29, 0.717) is 41.0 Å². The molecule has 7 nitrogen and oxygen atoms in total. The highest BCUT2D eigenvalue weighted by molar-refractivity contribution is 5.94. The van der Waals surface area contributed by atoms with Gasteiger partial charge < -0.3 is 24.8 Å². The maximum absolute atomic E-state index is 12.3. The number of carbonyl (C=O) groups excluding carboxylic acids is 1. The van der Waals surface area contributed by atoms with Gasteiger partial charge in [-0.05, 0) is 18.4 Å². The molecule has 1 aromatic carbocycles. The van der Waals surface area contributed by atoms with E-state index in [1.54, 1.807) is 51.9 Å². The van der Waals surface area contributed by atoms with Crippen molar-refractivity contribution in [2.45, 2.75) is 20.3 Å². The first-order chi connectivity index (χ1) is 13.0. The first kappa shape index (κ1) is 20.4. The number of carbonyl (C=O) groups is 1. The minimum atomic E-state index is -0.142. The van der Waals surface area contributed by atoms with Crippen LogP contribution in [0, 0.1) is 5.92 Å². The van der Waals surface area contributed by atoms with Crippen LogP contribution in [-0.4, -0.2) is 38.8 Å². The first-order valence-corrected chi connectivity index (χ1v) is 8.78. The van der Waals surface area contributed by atoms with Gasteiger partial charge in [-0.3, -0.25) is 9.78 Å². The molecule has 0 aliphatic heterocycles. The van der Waals surface area contributed by atoms with E-state index in [1.807, 2.05) is 0 Å². The van der Waals surface area contributed by atoms with Crippen LogP contribution in [0.15, 0.2) is 30.6 Å². The number of nitrogens with one attached hydrogen (secondary N) is 2. The van der Waals surface area contributed by atoms with Gasteiger partial charge in [0.25, 0.3) is 5.91 Å². The second-order valence-corrected chi connectivity index (χ2v) is 6.44. The van der Waals surface area contributed by atoms with Gasteiger partial charge in [0, 0.05) is 30.6 Å². The molecule has 2 aromatic rings. The number of rotatable bonds is 9. The average Bonchev–Trinajstić information content (AvgIpc) is 2.66. The minimum absolute atomic E-state index is 0.142. The Morgan fingerprint density at radius 1 is 1.00 bits per heavy atom. The largest absolute Gasteiger partial charge is 0.493 e. The van der Waals surface area contributed by atoms with Crippen molar-refractivity contribution in [3.8, 4) is 17.2 Å². The summed E-state index contributed by atoms with van der Waals surface area (Å²) in [7, 11) is 4.67. The van der Waals surface area contributed by atoms with E-state index in [0.717, 1.165) is 12.1 Å². The van der Waals surface area contributed by atoms with Gasteiger partial charge in [-0.15, -0.1) is 0 Å². The lowest BCUT2D eigenvalue weighted by molar-refractivity contribution is 0.0951. The number of hydrogen-bond acceptors (Lipinski definition) is 6. The van der Waals surface area contributed by atoms with E-state index in [2.05, 4.69) is 29.5 Å². The molecule has 0 saturated heterocycles. The predicted octanol–water partition coefficient (Wildman–Crippen LogP) is 3.63. The van der Waals surface area contributed by atoms with Gasteiger partial charge in [0.1, 0.15) is 0 Å². The monoisotopic (exact) mass is 373 g/mol. The SMILES string of the molecule is COc1cc(Nc2cncc(C(=O)NCCC(C)C)c2)cc(OC)c1OC. The molecule has 2 N–H and O–H groups in total. The van der Waals surface area contributed by atoms with E-state index in [9.17, 15) is 4.79 Å². The summed E-state index contributed by atoms with van der Waals surface area (Å²) in [5, 5.41) is 6.13. The second kappa shape index (κ2) is 9.66. The summed E-state index contributed by atoms with van der Waals surface area (Å²) in [6.07, 6.45) is 4.13. The molecule has 0 aliphatic carbocycles. The molecule has 0 radical (unpaired) electrons. The third-order valence-corrected chi connectivity index (χ3v) is 3.96. The topological polar surface area (TPSA) is 81.7 Å². The molecule has 1 aromatic heterocycles. The van der Waals surface area contributed by atoms with Crippen LogP contribution in [-0.2, 0) is 0 Å². The summed E-state index contributed by atoms with van der Waals surface area (Å²) < 4.78 is 16.0. The van der Waals surface area contributed by atoms with E-state index in [-0.39, 0.29) is 5.91 Å². The predicted molar refractivity (Wildman–Crippen MR) is 105 cm³/mol. The van der Waals surface area contributed by atoms with Crippen molar-refractivity contribution in [2.75, 3.05) is 33.2 Å². The molecule has 146 valence electrons. The Labute approximate surface area is 160 Å². The van der Waals surface area contributed by atoms with E-state index < -0.39 is 0 Å². The van der Waals surface area contributed by atoms with Crippen molar-refractivity contribution in [3.63, 3.8) is 0 Å². The summed E-state index contributed by atoms with van der Waals surface area (Å²) in [6, 6.07) is 5.33. The van der Waals surface area contributed by atoms with Gasteiger partial charge in [0.15, 0.2) is 11.5 Å². The molecule has 0 spiro atoms. The van der Waals surface area contributed by atoms with Gasteiger partial charge in [-0.25, -0.2) is 0 Å². The van der Waals surface area contributed by atoms with E-state index >= 15 is 0 Å². The lowest BCUT2D eigenvalue weighted by atomic mass is 10.1. The molecule has 0 saturated carbocycles. The second-order valence-electron chi connectivity index (χ2n) is 6.44. The van der Waals surface area contributed by atoms with Gasteiger partial charge in [0.05, 0.1) is 38.8 Å². The highest BCUT2D eigenvalue weighted by Gasteiger charge is 2.14. The van der Waals surface area contributed by atoms with Crippen LogP contribution in [0.3, 0.4) is 0 Å². The fraction of sp³-hybridized carbons (Fsp3) is 0.400. The minimum Gasteiger partial charge on any atom is -0.493 e. The third kappa shape index (κ3) is 5.51. The highest BCUT2D eigenvalue weighted by atomic mass is 16.5. The molecular formula is C20H27N3O4. The smallest absolute Gasteiger partial charge is 0.252 e. The number of aromatic nitrogens is 1. The maximum atomic E-state index is 12.3. The zero-order valence-electron chi connectivity index (χ0n) is 16.5. The fourth-order valence-corrected chi connectivity index (χ4v) is 2.53. The number of pyridine rings is 1. The number of nitrogens with zero attached hydrogens (tertiary/aromatic N) is 1. The third-order valence-electron chi connectivity index (χ3n) is 3.96. The molecule has 1 heterocycles. The Bertz CT molecular complexity index is 753. The van der Waals surface area contributed by atoms with Crippen LogP contribution in [0.2, 0.25) is 0 Å². The number of methoxy groups -OCH3 is 3. The lowest BCUT2D eigenvalue weighted by Gasteiger charge is -2.15. The van der Waals surface area contributed by atoms with Crippen molar-refractivity contribution in [1.29, 1.82) is 0 Å². The number of amides is 1. The zero-order chi connectivity index (χ0) is 19.8. The molecule has 0 aliphatic rings. The van der Waals surface area contributed by atoms with Gasteiger partial charge in [0.2, 0.25) is 5.75 Å². The summed E-state index contributed by atoms with van der Waals surface area (Å²) in [4.78, 5) is 16.4. The molecule has 0 fully saturated rings. The van der Waals surface area contributed by atoms with Crippen LogP contribution in [0.5, 0.6) is 17.2 Å². The molecule has 7 heteroatoms. The van der Waals surface area contributed by atoms with Crippen molar-refractivity contribution in [1.82, 2.24) is 10.3 Å². The van der Waals surface area contributed by atoms with Gasteiger partial charge in [-0.2, -0.15) is 0 Å². The molecule has 0 unspecified atom stereocenters. The molecule has 2 rings (SSSR count). The van der Waals surface area contributed by atoms with E-state index in [4.69, 9.17) is 14.2 Å². The summed E-state index contributed by atoms with van der Waals surface area (Å²) in [5.41, 5.74) is 1.90. The molecular weight excluding hydrogens is 346 g/mol. The standard InChI is InChI=1S/C20H27N3O4/c1-13(2)6-7-22-20(24)14-8-16(12-21-11-14)23-15-9-17(25-3)19(27-5)18(10-15)26-4/h8-13,23H,6-7H2,1-5H3,(H,22,24). The van der Waals surface area contributed by atoms with Crippen LogP contribution in [0.1, 0.15) is 30.6 Å². The molecule has 0 bridgehead atoms. The number of hydrogen-bond donors (Lipinski definition) is 2. The Morgan fingerprint density at radius 2 is 1.67 bits per heavy atom. The normalized spacial score (nSPS) is 10.4. The number of ether oxygens (including phenoxy) is 3. The van der Waals surface area contributed by atoms with E-state index in [1.165, 1.54) is 0 Å². The summed E-state index contributed by atoms with van der Waals surface area (Å²) in [6.45, 7) is 4.88. The quantitative estimate of drug-likeness (QED) is 0.699. The Kier molecular flexibility index (Phi) is 7.28. The molecule has 0 atom stereocenters. The maximum Gasteiger partial charge on any atom is 0.252 e. The van der Waals surface area contributed by atoms with Crippen LogP contribution >= 0.6 is 0 Å². The number of anilines is 2. The van der Waals surface area contributed by atoms with Crippen molar-refractivity contribution in [2.24, 2.45) is 5.92 Å². The van der Waals surface area contributed by atoms with Gasteiger partial charge in [-0.1, -0.05) is 13.8 Å². The van der Waals surface area contributed by atoms with Gasteiger partial charge >= 0.3 is 0 Å². The Balaban J connectivity index is 2.17. The first-order valence-electron chi connectivity index (χ1n) is 8.78. The van der Waals surface area contributed by atoms with Crippen LogP contribution in [0.25, 0.3) is 0 Å². The van der Waals surface area contributed by atoms with Crippen molar-refractivity contribution >= 4 is 17.3 Å². The zero-order valence-corrected chi connectivity index (χ0v) is 16.5. The fourth-order valence-electron chi connectivity index (χ4n) is 2.53. The Hall–Kier alpha value is -2.96. The van der Waals surface area contributed by atoms with Crippen LogP contribution < -0.4 is 24.8 Å². The van der Waals surface area contributed by atoms with Crippen molar-refractivity contribution < 1.29 is 19.0 Å². The highest BCUT2D eigenvalue weighted by Crippen LogP contribution is 2.40. The lowest BCUT2D eigenvalue weighted by Crippen LogP contribution is -2.25. The summed E-state index contributed by atoms with van der Waals surface area (Å²) >= 11 is 0. The average molecular weight is 373 g/mol. The molecule has 27 heavy (non-hydrogen) atoms. The summed E-state index contributed by atoms with van der Waals surface area (Å²) in [5.74, 6) is 1.99. The van der Waals surface area contributed by atoms with Crippen molar-refractivity contribution in [3.05, 3.63) is 36.2 Å². The molecule has 1 amide bonds.